The van der Waals surface area contributed by atoms with E-state index in [4.69, 9.17) is 0 Å². The highest BCUT2D eigenvalue weighted by atomic mass is 16.4. The van der Waals surface area contributed by atoms with Gasteiger partial charge in [0.25, 0.3) is 11.8 Å². The Balaban J connectivity index is 2.18. The minimum atomic E-state index is -1.22. The summed E-state index contributed by atoms with van der Waals surface area (Å²) in [6, 6.07) is 6.43. The lowest BCUT2D eigenvalue weighted by molar-refractivity contribution is -0.146. The summed E-state index contributed by atoms with van der Waals surface area (Å²) >= 11 is 0. The second kappa shape index (κ2) is 8.34. The Morgan fingerprint density at radius 3 is 2.35 bits per heavy atom. The topological polar surface area (TPSA) is 86.7 Å². The number of rotatable bonds is 6. The molecule has 0 bridgehead atoms. The van der Waals surface area contributed by atoms with Gasteiger partial charge in [-0.3, -0.25) is 9.59 Å². The standard InChI is InChI=1S/C20H28N2O4/c1-4-14-9-11-20(12-10-14,19(25)26)21-17(23)15-7-6-8-16(13-15)18(24)22(3)5-2/h6-8,13-14H,4-5,9-12H2,1-3H3,(H,21,23)(H,25,26). The molecule has 0 aromatic heterocycles. The minimum Gasteiger partial charge on any atom is -0.480 e. The molecule has 2 amide bonds. The fourth-order valence-corrected chi connectivity index (χ4v) is 3.42. The molecule has 0 saturated heterocycles. The van der Waals surface area contributed by atoms with E-state index in [9.17, 15) is 19.5 Å². The lowest BCUT2D eigenvalue weighted by Gasteiger charge is -2.37. The number of carboxylic acid groups (broad SMARTS) is 1. The van der Waals surface area contributed by atoms with Gasteiger partial charge in [-0.15, -0.1) is 0 Å². The van der Waals surface area contributed by atoms with Gasteiger partial charge >= 0.3 is 5.97 Å². The summed E-state index contributed by atoms with van der Waals surface area (Å²) in [6.07, 6.45) is 3.48. The SMILES string of the molecule is CCC1CCC(NC(=O)c2cccc(C(=O)N(C)CC)c2)(C(=O)O)CC1. The molecule has 142 valence electrons. The maximum Gasteiger partial charge on any atom is 0.329 e. The van der Waals surface area contributed by atoms with Crippen LogP contribution in [0.5, 0.6) is 0 Å². The lowest BCUT2D eigenvalue weighted by atomic mass is 9.75. The van der Waals surface area contributed by atoms with Gasteiger partial charge in [0.2, 0.25) is 0 Å². The summed E-state index contributed by atoms with van der Waals surface area (Å²) in [7, 11) is 1.70. The Morgan fingerprint density at radius 1 is 1.19 bits per heavy atom. The average molecular weight is 360 g/mol. The normalized spacial score (nSPS) is 22.5. The second-order valence-electron chi connectivity index (χ2n) is 7.09. The summed E-state index contributed by atoms with van der Waals surface area (Å²) < 4.78 is 0. The Bertz CT molecular complexity index is 678. The molecule has 0 atom stereocenters. The van der Waals surface area contributed by atoms with E-state index < -0.39 is 17.4 Å². The third-order valence-corrected chi connectivity index (χ3v) is 5.49. The van der Waals surface area contributed by atoms with Crippen LogP contribution < -0.4 is 5.32 Å². The molecule has 26 heavy (non-hydrogen) atoms. The van der Waals surface area contributed by atoms with E-state index in [-0.39, 0.29) is 5.91 Å². The smallest absolute Gasteiger partial charge is 0.329 e. The third kappa shape index (κ3) is 4.23. The fourth-order valence-electron chi connectivity index (χ4n) is 3.42. The van der Waals surface area contributed by atoms with Crippen molar-refractivity contribution in [1.82, 2.24) is 10.2 Å². The van der Waals surface area contributed by atoms with Crippen LogP contribution in [-0.2, 0) is 4.79 Å². The van der Waals surface area contributed by atoms with E-state index in [1.807, 2.05) is 6.92 Å². The second-order valence-corrected chi connectivity index (χ2v) is 7.09. The molecule has 1 aromatic rings. The van der Waals surface area contributed by atoms with Crippen LogP contribution in [-0.4, -0.2) is 46.9 Å². The maximum absolute atomic E-state index is 12.7. The summed E-state index contributed by atoms with van der Waals surface area (Å²) in [5.41, 5.74) is -0.497. The number of amides is 2. The summed E-state index contributed by atoms with van der Waals surface area (Å²) in [5.74, 6) is -1.09. The predicted octanol–water partition coefficient (Wildman–Crippen LogP) is 2.93. The van der Waals surface area contributed by atoms with Crippen molar-refractivity contribution in [2.75, 3.05) is 13.6 Å². The van der Waals surface area contributed by atoms with Crippen LogP contribution in [0.15, 0.2) is 24.3 Å². The molecule has 0 unspecified atom stereocenters. The van der Waals surface area contributed by atoms with Crippen molar-refractivity contribution in [2.24, 2.45) is 5.92 Å². The maximum atomic E-state index is 12.7. The number of hydrogen-bond donors (Lipinski definition) is 2. The van der Waals surface area contributed by atoms with Crippen molar-refractivity contribution in [3.63, 3.8) is 0 Å². The Hall–Kier alpha value is -2.37. The first-order valence-corrected chi connectivity index (χ1v) is 9.24. The molecule has 6 nitrogen and oxygen atoms in total. The van der Waals surface area contributed by atoms with Gasteiger partial charge in [-0.2, -0.15) is 0 Å². The predicted molar refractivity (Wildman–Crippen MR) is 99.2 cm³/mol. The number of aliphatic carboxylic acids is 1. The first-order valence-electron chi connectivity index (χ1n) is 9.24. The van der Waals surface area contributed by atoms with Crippen LogP contribution in [0, 0.1) is 5.92 Å². The molecule has 1 saturated carbocycles. The number of carbonyl (C=O) groups excluding carboxylic acids is 2. The van der Waals surface area contributed by atoms with Crippen molar-refractivity contribution < 1.29 is 19.5 Å². The molecule has 1 aliphatic carbocycles. The first kappa shape index (κ1) is 19.9. The molecule has 1 aromatic carbocycles. The van der Waals surface area contributed by atoms with Crippen LogP contribution in [0.3, 0.4) is 0 Å². The van der Waals surface area contributed by atoms with Gasteiger partial charge in [-0.05, 0) is 56.7 Å². The Labute approximate surface area is 154 Å². The van der Waals surface area contributed by atoms with E-state index >= 15 is 0 Å². The molecule has 2 N–H and O–H groups in total. The molecule has 0 radical (unpaired) electrons. The number of hydrogen-bond acceptors (Lipinski definition) is 3. The molecule has 0 aliphatic heterocycles. The van der Waals surface area contributed by atoms with E-state index in [1.165, 1.54) is 6.07 Å². The van der Waals surface area contributed by atoms with Crippen LogP contribution >= 0.6 is 0 Å². The highest BCUT2D eigenvalue weighted by Crippen LogP contribution is 2.34. The van der Waals surface area contributed by atoms with Gasteiger partial charge < -0.3 is 15.3 Å². The molecule has 1 aliphatic rings. The van der Waals surface area contributed by atoms with Crippen molar-refractivity contribution in [1.29, 1.82) is 0 Å². The molecule has 2 rings (SSSR count). The van der Waals surface area contributed by atoms with Gasteiger partial charge in [-0.1, -0.05) is 19.4 Å². The molecule has 0 heterocycles. The highest BCUT2D eigenvalue weighted by molar-refractivity contribution is 6.01. The quantitative estimate of drug-likeness (QED) is 0.817. The van der Waals surface area contributed by atoms with Crippen molar-refractivity contribution >= 4 is 17.8 Å². The van der Waals surface area contributed by atoms with Gasteiger partial charge in [0.1, 0.15) is 5.54 Å². The van der Waals surface area contributed by atoms with Crippen LogP contribution in [0.1, 0.15) is 66.7 Å². The van der Waals surface area contributed by atoms with E-state index in [2.05, 4.69) is 12.2 Å². The van der Waals surface area contributed by atoms with Gasteiger partial charge in [0.05, 0.1) is 0 Å². The van der Waals surface area contributed by atoms with Gasteiger partial charge in [0, 0.05) is 24.7 Å². The van der Waals surface area contributed by atoms with Crippen LogP contribution in [0.25, 0.3) is 0 Å². The average Bonchev–Trinajstić information content (AvgIpc) is 2.67. The zero-order valence-corrected chi connectivity index (χ0v) is 15.7. The molecular formula is C20H28N2O4. The number of carboxylic acids is 1. The molecule has 0 spiro atoms. The number of carbonyl (C=O) groups is 3. The van der Waals surface area contributed by atoms with E-state index in [0.717, 1.165) is 19.3 Å². The third-order valence-electron chi connectivity index (χ3n) is 5.49. The zero-order chi connectivity index (χ0) is 19.3. The summed E-state index contributed by atoms with van der Waals surface area (Å²) in [4.78, 5) is 38.4. The monoisotopic (exact) mass is 360 g/mol. The number of nitrogens with one attached hydrogen (secondary N) is 1. The van der Waals surface area contributed by atoms with Crippen LogP contribution in [0.4, 0.5) is 0 Å². The summed E-state index contributed by atoms with van der Waals surface area (Å²) in [5, 5.41) is 12.5. The summed E-state index contributed by atoms with van der Waals surface area (Å²) in [6.45, 7) is 4.54. The van der Waals surface area contributed by atoms with Gasteiger partial charge in [-0.25, -0.2) is 4.79 Å². The minimum absolute atomic E-state index is 0.168. The van der Waals surface area contributed by atoms with Crippen molar-refractivity contribution in [3.05, 3.63) is 35.4 Å². The molecule has 1 fully saturated rings. The molecular weight excluding hydrogens is 332 g/mol. The lowest BCUT2D eigenvalue weighted by Crippen LogP contribution is -2.56. The number of nitrogens with zero attached hydrogens (tertiary/aromatic N) is 1. The first-order chi connectivity index (χ1) is 12.3. The Kier molecular flexibility index (Phi) is 6.40. The van der Waals surface area contributed by atoms with Crippen LogP contribution in [0.2, 0.25) is 0 Å². The van der Waals surface area contributed by atoms with E-state index in [1.54, 1.807) is 30.1 Å². The Morgan fingerprint density at radius 2 is 1.81 bits per heavy atom. The largest absolute Gasteiger partial charge is 0.480 e. The van der Waals surface area contributed by atoms with E-state index in [0.29, 0.717) is 36.4 Å². The fraction of sp³-hybridized carbons (Fsp3) is 0.550. The molecule has 6 heteroatoms. The highest BCUT2D eigenvalue weighted by Gasteiger charge is 2.43. The number of benzene rings is 1. The van der Waals surface area contributed by atoms with Crippen molar-refractivity contribution in [2.45, 2.75) is 51.5 Å². The zero-order valence-electron chi connectivity index (χ0n) is 15.7. The van der Waals surface area contributed by atoms with Gasteiger partial charge in [0.15, 0.2) is 0 Å². The van der Waals surface area contributed by atoms with Crippen molar-refractivity contribution in [3.8, 4) is 0 Å².